The molecule has 57 heavy (non-hydrogen) atoms. The van der Waals surface area contributed by atoms with Crippen LogP contribution < -0.4 is 20.9 Å². The van der Waals surface area contributed by atoms with Crippen molar-refractivity contribution >= 4 is 22.9 Å². The number of aromatic hydroxyl groups is 1. The number of alkyl carbamates (subject to hydrolysis) is 1. The number of carbonyl (C=O) groups excluding carboxylic acids is 2. The van der Waals surface area contributed by atoms with E-state index in [0.29, 0.717) is 59.9 Å². The second-order valence-electron chi connectivity index (χ2n) is 15.1. The number of nitrogens with one attached hydrogen (secondary N) is 3. The number of ether oxygens (including phenoxy) is 2. The minimum absolute atomic E-state index is 0.0458. The number of phenols is 1. The van der Waals surface area contributed by atoms with Gasteiger partial charge in [-0.3, -0.25) is 14.5 Å². The van der Waals surface area contributed by atoms with E-state index in [1.807, 2.05) is 78.9 Å². The monoisotopic (exact) mass is 773 g/mol. The predicted molar refractivity (Wildman–Crippen MR) is 218 cm³/mol. The van der Waals surface area contributed by atoms with Gasteiger partial charge in [0.2, 0.25) is 5.56 Å². The zero-order valence-corrected chi connectivity index (χ0v) is 32.2. The van der Waals surface area contributed by atoms with Crippen molar-refractivity contribution in [2.45, 2.75) is 50.5 Å². The maximum atomic E-state index is 13.2. The van der Waals surface area contributed by atoms with Gasteiger partial charge in [0.15, 0.2) is 0 Å². The smallest absolute Gasteiger partial charge is 0.408 e. The molecule has 298 valence electrons. The van der Waals surface area contributed by atoms with Gasteiger partial charge < -0.3 is 40.2 Å². The number of aromatic amines is 1. The van der Waals surface area contributed by atoms with Crippen LogP contribution in [-0.2, 0) is 11.3 Å². The molecule has 3 saturated heterocycles. The molecule has 4 aromatic carbocycles. The van der Waals surface area contributed by atoms with Crippen molar-refractivity contribution in [2.24, 2.45) is 5.92 Å². The highest BCUT2D eigenvalue weighted by Gasteiger charge is 2.37. The second-order valence-corrected chi connectivity index (χ2v) is 15.1. The third-order valence-electron chi connectivity index (χ3n) is 11.1. The van der Waals surface area contributed by atoms with E-state index in [2.05, 4.69) is 20.5 Å². The van der Waals surface area contributed by atoms with Crippen molar-refractivity contribution in [3.63, 3.8) is 0 Å². The topological polar surface area (TPSA) is 156 Å². The van der Waals surface area contributed by atoms with E-state index in [1.165, 1.54) is 12.1 Å². The lowest BCUT2D eigenvalue weighted by molar-refractivity contribution is -0.0336. The van der Waals surface area contributed by atoms with Crippen molar-refractivity contribution < 1.29 is 29.3 Å². The van der Waals surface area contributed by atoms with Gasteiger partial charge in [0.1, 0.15) is 24.2 Å². The van der Waals surface area contributed by atoms with Crippen LogP contribution in [0.1, 0.15) is 70.4 Å². The van der Waals surface area contributed by atoms with Crippen molar-refractivity contribution in [3.05, 3.63) is 141 Å². The number of nitrogens with zero attached hydrogens (tertiary/aromatic N) is 2. The average Bonchev–Trinajstić information content (AvgIpc) is 3.24. The summed E-state index contributed by atoms with van der Waals surface area (Å²) in [7, 11) is 1.79. The van der Waals surface area contributed by atoms with Gasteiger partial charge >= 0.3 is 6.09 Å². The Bertz CT molecular complexity index is 2190. The molecule has 1 aromatic heterocycles. The molecule has 2 amide bonds. The molecule has 8 rings (SSSR count). The van der Waals surface area contributed by atoms with Crippen molar-refractivity contribution in [1.82, 2.24) is 25.4 Å². The summed E-state index contributed by atoms with van der Waals surface area (Å²) in [6.45, 7) is 4.80. The van der Waals surface area contributed by atoms with Crippen LogP contribution in [0.2, 0.25) is 0 Å². The molecule has 2 bridgehead atoms. The van der Waals surface area contributed by atoms with Crippen molar-refractivity contribution in [3.8, 4) is 11.5 Å². The number of hydrogen-bond acceptors (Lipinski definition) is 9. The van der Waals surface area contributed by atoms with Crippen LogP contribution in [0.3, 0.4) is 0 Å². The van der Waals surface area contributed by atoms with Gasteiger partial charge in [-0.2, -0.15) is 0 Å². The summed E-state index contributed by atoms with van der Waals surface area (Å²) in [4.78, 5) is 44.8. The summed E-state index contributed by atoms with van der Waals surface area (Å²) < 4.78 is 12.2. The molecule has 4 heterocycles. The molecule has 12 heteroatoms. The van der Waals surface area contributed by atoms with E-state index in [4.69, 9.17) is 9.47 Å². The molecule has 0 aliphatic carbocycles. The van der Waals surface area contributed by atoms with Crippen LogP contribution in [0.25, 0.3) is 10.9 Å². The number of phenolic OH excluding ortho intramolecular Hbond substituents is 1. The number of aliphatic hydroxyl groups is 1. The fourth-order valence-corrected chi connectivity index (χ4v) is 7.85. The average molecular weight is 774 g/mol. The molecule has 5 N–H and O–H groups in total. The van der Waals surface area contributed by atoms with E-state index in [1.54, 1.807) is 24.1 Å². The quantitative estimate of drug-likeness (QED) is 0.0772. The summed E-state index contributed by atoms with van der Waals surface area (Å²) in [6.07, 6.45) is 2.39. The summed E-state index contributed by atoms with van der Waals surface area (Å²) in [6, 6.07) is 30.7. The second kappa shape index (κ2) is 18.5. The zero-order valence-electron chi connectivity index (χ0n) is 32.2. The number of rotatable bonds is 16. The Labute approximate surface area is 332 Å². The van der Waals surface area contributed by atoms with Gasteiger partial charge in [-0.15, -0.1) is 0 Å². The number of fused-ring (bicyclic) bond motifs is 4. The largest absolute Gasteiger partial charge is 0.506 e. The van der Waals surface area contributed by atoms with Crippen LogP contribution in [0.15, 0.2) is 108 Å². The maximum absolute atomic E-state index is 13.2. The standard InChI is InChI=1S/C45H51N5O7/c1-49(23-6-5-22-46-27-39(52)36-16-18-38(51)43-37(36)17-19-41(53)47-43)44(54)33-14-12-30(13-15-33)29-56-35-11-7-10-34(26-35)42(32-8-3-2-4-9-32)48-45(55)57-40-28-50-24-20-31(40)21-25-50/h2-4,7-19,26,31,39-40,42,46,51-52H,5-6,20-25,27-29H2,1H3,(H,47,53)(H,48,55)/t39?,40?,42-/m0/s1. The first-order valence-electron chi connectivity index (χ1n) is 19.8. The minimum atomic E-state index is -0.826. The number of aromatic nitrogens is 1. The molecule has 12 nitrogen and oxygen atoms in total. The molecule has 3 aliphatic heterocycles. The number of hydrogen-bond donors (Lipinski definition) is 5. The highest BCUT2D eigenvalue weighted by atomic mass is 16.6. The molecule has 2 unspecified atom stereocenters. The molecule has 0 saturated carbocycles. The van der Waals surface area contributed by atoms with Gasteiger partial charge in [0.05, 0.1) is 17.7 Å². The minimum Gasteiger partial charge on any atom is -0.506 e. The lowest BCUT2D eigenvalue weighted by Gasteiger charge is -2.43. The lowest BCUT2D eigenvalue weighted by Crippen LogP contribution is -2.52. The summed E-state index contributed by atoms with van der Waals surface area (Å²) in [5, 5.41) is 27.8. The Morgan fingerprint density at radius 1 is 0.930 bits per heavy atom. The Morgan fingerprint density at radius 3 is 2.46 bits per heavy atom. The van der Waals surface area contributed by atoms with E-state index in [9.17, 15) is 24.6 Å². The van der Waals surface area contributed by atoms with Gasteiger partial charge in [0, 0.05) is 43.7 Å². The summed E-state index contributed by atoms with van der Waals surface area (Å²) in [5.74, 6) is 0.973. The van der Waals surface area contributed by atoms with Crippen LogP contribution in [0.5, 0.6) is 11.5 Å². The number of pyridine rings is 1. The zero-order chi connectivity index (χ0) is 39.7. The Kier molecular flexibility index (Phi) is 12.8. The molecule has 5 aromatic rings. The van der Waals surface area contributed by atoms with E-state index in [-0.39, 0.29) is 23.3 Å². The van der Waals surface area contributed by atoms with E-state index >= 15 is 0 Å². The fraction of sp³-hybridized carbons (Fsp3) is 0.356. The summed E-state index contributed by atoms with van der Waals surface area (Å²) in [5.41, 5.74) is 3.92. The molecule has 0 spiro atoms. The highest BCUT2D eigenvalue weighted by molar-refractivity contribution is 5.94. The normalized spacial score (nSPS) is 18.5. The van der Waals surface area contributed by atoms with Crippen LogP contribution in [-0.4, -0.2) is 89.4 Å². The predicted octanol–water partition coefficient (Wildman–Crippen LogP) is 5.90. The molecular weight excluding hydrogens is 723 g/mol. The van der Waals surface area contributed by atoms with Gasteiger partial charge in [-0.1, -0.05) is 60.7 Å². The first-order chi connectivity index (χ1) is 27.7. The number of H-pyrrole nitrogens is 1. The fourth-order valence-electron chi connectivity index (χ4n) is 7.85. The first kappa shape index (κ1) is 39.5. The first-order valence-corrected chi connectivity index (χ1v) is 19.8. The van der Waals surface area contributed by atoms with Gasteiger partial charge in [-0.25, -0.2) is 4.79 Å². The van der Waals surface area contributed by atoms with Crippen LogP contribution >= 0.6 is 0 Å². The SMILES string of the molecule is CN(CCCCNCC(O)c1ccc(O)c2[nH]c(=O)ccc12)C(=O)c1ccc(COc2cccc([C@@H](NC(=O)OC3CN4CCC3CC4)c3ccccc3)c2)cc1. The number of piperidine rings is 3. The number of unbranched alkanes of at least 4 members (excludes halogenated alkanes) is 1. The molecule has 3 fully saturated rings. The maximum Gasteiger partial charge on any atom is 0.408 e. The van der Waals surface area contributed by atoms with Crippen molar-refractivity contribution in [1.29, 1.82) is 0 Å². The Morgan fingerprint density at radius 2 is 1.70 bits per heavy atom. The highest BCUT2D eigenvalue weighted by Crippen LogP contribution is 2.31. The van der Waals surface area contributed by atoms with Crippen LogP contribution in [0.4, 0.5) is 4.79 Å². The molecule has 3 atom stereocenters. The van der Waals surface area contributed by atoms with Gasteiger partial charge in [-0.05, 0) is 110 Å². The van der Waals surface area contributed by atoms with E-state index < -0.39 is 18.2 Å². The number of amides is 2. The Balaban J connectivity index is 0.860. The lowest BCUT2D eigenvalue weighted by atomic mass is 9.86. The third kappa shape index (κ3) is 10.0. The van der Waals surface area contributed by atoms with Crippen LogP contribution in [0, 0.1) is 5.92 Å². The Hall–Kier alpha value is -5.69. The number of aliphatic hydroxyl groups excluding tert-OH is 1. The number of benzene rings is 4. The molecular formula is C45H51N5O7. The molecule has 3 aliphatic rings. The summed E-state index contributed by atoms with van der Waals surface area (Å²) >= 11 is 0. The van der Waals surface area contributed by atoms with Crippen molar-refractivity contribution in [2.75, 3.05) is 46.3 Å². The number of carbonyl (C=O) groups is 2. The van der Waals surface area contributed by atoms with Gasteiger partial charge in [0.25, 0.3) is 5.91 Å². The third-order valence-corrected chi connectivity index (χ3v) is 11.1. The molecule has 0 radical (unpaired) electrons. The van der Waals surface area contributed by atoms with E-state index in [0.717, 1.165) is 62.0 Å².